The van der Waals surface area contributed by atoms with E-state index in [-0.39, 0.29) is 0 Å². The molecule has 0 atom stereocenters. The van der Waals surface area contributed by atoms with Crippen LogP contribution in [0.3, 0.4) is 0 Å². The maximum atomic E-state index is 6.26. The molecule has 112 valence electrons. The third kappa shape index (κ3) is 1.97. The summed E-state index contributed by atoms with van der Waals surface area (Å²) < 4.78 is 11.2. The van der Waals surface area contributed by atoms with Gasteiger partial charge in [-0.2, -0.15) is 0 Å². The number of rotatable bonds is 2. The molecule has 2 aliphatic rings. The van der Waals surface area contributed by atoms with Crippen LogP contribution in [-0.2, 0) is 27.9 Å². The van der Waals surface area contributed by atoms with E-state index in [0.29, 0.717) is 19.0 Å². The number of aryl methyl sites for hydroxylation is 2. The van der Waals surface area contributed by atoms with Crippen LogP contribution in [0.1, 0.15) is 35.5 Å². The zero-order chi connectivity index (χ0) is 14.4. The Labute approximate surface area is 127 Å². The van der Waals surface area contributed by atoms with Crippen molar-refractivity contribution in [3.63, 3.8) is 0 Å². The highest BCUT2D eigenvalue weighted by Crippen LogP contribution is 2.41. The van der Waals surface area contributed by atoms with Gasteiger partial charge in [0.15, 0.2) is 5.82 Å². The van der Waals surface area contributed by atoms with Crippen molar-refractivity contribution < 1.29 is 9.47 Å². The van der Waals surface area contributed by atoms with Gasteiger partial charge in [-0.1, -0.05) is 0 Å². The maximum Gasteiger partial charge on any atom is 0.164 e. The molecule has 3 heterocycles. The SMILES string of the molecule is COC1(c2nc(N)c3c4c(sc3n2)CCC4)CCOCC1. The van der Waals surface area contributed by atoms with Gasteiger partial charge in [-0.15, -0.1) is 11.3 Å². The lowest BCUT2D eigenvalue weighted by atomic mass is 9.93. The van der Waals surface area contributed by atoms with E-state index >= 15 is 0 Å². The van der Waals surface area contributed by atoms with Crippen LogP contribution in [0.5, 0.6) is 0 Å². The summed E-state index contributed by atoms with van der Waals surface area (Å²) in [5, 5.41) is 1.08. The first-order valence-electron chi connectivity index (χ1n) is 7.45. The zero-order valence-corrected chi connectivity index (χ0v) is 13.0. The Bertz CT molecular complexity index is 692. The molecule has 0 aromatic carbocycles. The van der Waals surface area contributed by atoms with E-state index in [0.717, 1.165) is 41.7 Å². The highest BCUT2D eigenvalue weighted by atomic mass is 32.1. The van der Waals surface area contributed by atoms with Crippen LogP contribution >= 0.6 is 11.3 Å². The Morgan fingerprint density at radius 1 is 1.24 bits per heavy atom. The predicted octanol–water partition coefficient (Wildman–Crippen LogP) is 2.41. The van der Waals surface area contributed by atoms with Crippen LogP contribution in [0.25, 0.3) is 10.2 Å². The summed E-state index contributed by atoms with van der Waals surface area (Å²) in [7, 11) is 1.73. The standard InChI is InChI=1S/C15H19N3O2S/c1-19-15(5-7-20-8-6-15)14-17-12(16)11-9-3-2-4-10(9)21-13(11)18-14/h2-8H2,1H3,(H2,16,17,18). The normalized spacial score (nSPS) is 20.8. The summed E-state index contributed by atoms with van der Waals surface area (Å²) in [5.74, 6) is 1.33. The zero-order valence-electron chi connectivity index (χ0n) is 12.1. The lowest BCUT2D eigenvalue weighted by Gasteiger charge is -2.34. The van der Waals surface area contributed by atoms with Gasteiger partial charge >= 0.3 is 0 Å². The van der Waals surface area contributed by atoms with Gasteiger partial charge in [-0.05, 0) is 24.8 Å². The molecule has 5 nitrogen and oxygen atoms in total. The van der Waals surface area contributed by atoms with Gasteiger partial charge < -0.3 is 15.2 Å². The van der Waals surface area contributed by atoms with E-state index < -0.39 is 5.60 Å². The molecule has 0 saturated carbocycles. The number of fused-ring (bicyclic) bond motifs is 3. The fourth-order valence-electron chi connectivity index (χ4n) is 3.45. The van der Waals surface area contributed by atoms with Crippen LogP contribution in [0.4, 0.5) is 5.82 Å². The molecule has 0 unspecified atom stereocenters. The lowest BCUT2D eigenvalue weighted by molar-refractivity contribution is -0.0997. The molecule has 1 aliphatic carbocycles. The van der Waals surface area contributed by atoms with Crippen molar-refractivity contribution in [1.82, 2.24) is 9.97 Å². The number of hydrogen-bond donors (Lipinski definition) is 1. The van der Waals surface area contributed by atoms with E-state index in [1.54, 1.807) is 18.4 Å². The second-order valence-corrected chi connectivity index (χ2v) is 6.86. The quantitative estimate of drug-likeness (QED) is 0.922. The molecule has 2 aromatic rings. The lowest BCUT2D eigenvalue weighted by Crippen LogP contribution is -2.37. The molecule has 1 fully saturated rings. The number of methoxy groups -OCH3 is 1. The van der Waals surface area contributed by atoms with Crippen molar-refractivity contribution in [2.45, 2.75) is 37.7 Å². The monoisotopic (exact) mass is 305 g/mol. The van der Waals surface area contributed by atoms with Crippen molar-refractivity contribution >= 4 is 27.4 Å². The van der Waals surface area contributed by atoms with Crippen molar-refractivity contribution in [1.29, 1.82) is 0 Å². The highest BCUT2D eigenvalue weighted by Gasteiger charge is 2.38. The number of aromatic nitrogens is 2. The minimum atomic E-state index is -0.449. The third-order valence-electron chi connectivity index (χ3n) is 4.69. The molecule has 2 aromatic heterocycles. The Morgan fingerprint density at radius 3 is 2.81 bits per heavy atom. The van der Waals surface area contributed by atoms with Crippen molar-refractivity contribution in [2.24, 2.45) is 0 Å². The van der Waals surface area contributed by atoms with E-state index in [4.69, 9.17) is 20.2 Å². The van der Waals surface area contributed by atoms with Crippen LogP contribution in [-0.4, -0.2) is 30.3 Å². The second kappa shape index (κ2) is 4.90. The number of nitrogen functional groups attached to an aromatic ring is 1. The summed E-state index contributed by atoms with van der Waals surface area (Å²) in [6, 6.07) is 0. The minimum Gasteiger partial charge on any atom is -0.383 e. The molecule has 0 radical (unpaired) electrons. The number of nitrogens with zero attached hydrogens (tertiary/aromatic N) is 2. The van der Waals surface area contributed by atoms with E-state index in [9.17, 15) is 0 Å². The summed E-state index contributed by atoms with van der Waals surface area (Å²) in [5.41, 5.74) is 7.19. The van der Waals surface area contributed by atoms with Crippen LogP contribution in [0, 0.1) is 0 Å². The molecule has 1 aliphatic heterocycles. The molecular weight excluding hydrogens is 286 g/mol. The summed E-state index contributed by atoms with van der Waals surface area (Å²) in [6.45, 7) is 1.35. The van der Waals surface area contributed by atoms with Crippen molar-refractivity contribution in [3.8, 4) is 0 Å². The van der Waals surface area contributed by atoms with Gasteiger partial charge in [-0.25, -0.2) is 9.97 Å². The smallest absolute Gasteiger partial charge is 0.164 e. The number of thiophene rings is 1. The molecule has 1 saturated heterocycles. The molecule has 0 bridgehead atoms. The molecule has 0 amide bonds. The Hall–Kier alpha value is -1.24. The first-order valence-corrected chi connectivity index (χ1v) is 8.26. The third-order valence-corrected chi connectivity index (χ3v) is 5.88. The van der Waals surface area contributed by atoms with Crippen LogP contribution in [0.15, 0.2) is 0 Å². The van der Waals surface area contributed by atoms with Gasteiger partial charge in [-0.3, -0.25) is 0 Å². The first kappa shape index (κ1) is 13.4. The fourth-order valence-corrected chi connectivity index (χ4v) is 4.72. The van der Waals surface area contributed by atoms with Gasteiger partial charge in [0.2, 0.25) is 0 Å². The summed E-state index contributed by atoms with van der Waals surface area (Å²) in [6.07, 6.45) is 5.02. The Balaban J connectivity index is 1.86. The second-order valence-electron chi connectivity index (χ2n) is 5.78. The molecule has 21 heavy (non-hydrogen) atoms. The molecule has 6 heteroatoms. The topological polar surface area (TPSA) is 70.3 Å². The number of hydrogen-bond acceptors (Lipinski definition) is 6. The number of ether oxygens (including phenoxy) is 2. The molecule has 0 spiro atoms. The van der Waals surface area contributed by atoms with E-state index in [2.05, 4.69) is 4.98 Å². The highest BCUT2D eigenvalue weighted by molar-refractivity contribution is 7.19. The van der Waals surface area contributed by atoms with E-state index in [1.165, 1.54) is 16.9 Å². The van der Waals surface area contributed by atoms with E-state index in [1.807, 2.05) is 0 Å². The van der Waals surface area contributed by atoms with Crippen molar-refractivity contribution in [3.05, 3.63) is 16.3 Å². The first-order chi connectivity index (χ1) is 10.2. The van der Waals surface area contributed by atoms with Crippen LogP contribution in [0.2, 0.25) is 0 Å². The van der Waals surface area contributed by atoms with Gasteiger partial charge in [0, 0.05) is 38.0 Å². The average Bonchev–Trinajstić information content (AvgIpc) is 3.08. The number of nitrogens with two attached hydrogens (primary N) is 1. The van der Waals surface area contributed by atoms with Crippen LogP contribution < -0.4 is 5.73 Å². The Morgan fingerprint density at radius 2 is 2.05 bits per heavy atom. The minimum absolute atomic E-state index is 0.449. The maximum absolute atomic E-state index is 6.26. The average molecular weight is 305 g/mol. The van der Waals surface area contributed by atoms with Gasteiger partial charge in [0.05, 0.1) is 5.39 Å². The Kier molecular flexibility index (Phi) is 3.13. The van der Waals surface area contributed by atoms with Gasteiger partial charge in [0.1, 0.15) is 16.2 Å². The number of anilines is 1. The predicted molar refractivity (Wildman–Crippen MR) is 82.6 cm³/mol. The van der Waals surface area contributed by atoms with Crippen molar-refractivity contribution in [2.75, 3.05) is 26.1 Å². The fraction of sp³-hybridized carbons (Fsp3) is 0.600. The summed E-state index contributed by atoms with van der Waals surface area (Å²) in [4.78, 5) is 11.9. The largest absolute Gasteiger partial charge is 0.383 e. The molecule has 4 rings (SSSR count). The molecular formula is C15H19N3O2S. The molecule has 2 N–H and O–H groups in total. The summed E-state index contributed by atoms with van der Waals surface area (Å²) >= 11 is 1.77. The van der Waals surface area contributed by atoms with Gasteiger partial charge in [0.25, 0.3) is 0 Å².